The Labute approximate surface area is 90.3 Å². The molecule has 0 spiro atoms. The lowest BCUT2D eigenvalue weighted by Gasteiger charge is -2.21. The molecule has 0 radical (unpaired) electrons. The SMILES string of the molecule is CCn1cc(C2(C)CCC(Cl)C2)cn1. The Hall–Kier alpha value is -0.500. The lowest BCUT2D eigenvalue weighted by atomic mass is 9.83. The lowest BCUT2D eigenvalue weighted by Crippen LogP contribution is -2.17. The van der Waals surface area contributed by atoms with Crippen molar-refractivity contribution < 1.29 is 0 Å². The van der Waals surface area contributed by atoms with Gasteiger partial charge in [-0.2, -0.15) is 5.10 Å². The zero-order chi connectivity index (χ0) is 10.2. The van der Waals surface area contributed by atoms with Gasteiger partial charge in [-0.25, -0.2) is 0 Å². The second kappa shape index (κ2) is 3.58. The molecule has 1 saturated carbocycles. The summed E-state index contributed by atoms with van der Waals surface area (Å²) in [6.07, 6.45) is 7.57. The van der Waals surface area contributed by atoms with E-state index in [9.17, 15) is 0 Å². The van der Waals surface area contributed by atoms with Crippen molar-refractivity contribution in [1.29, 1.82) is 0 Å². The van der Waals surface area contributed by atoms with Gasteiger partial charge in [-0.1, -0.05) is 6.92 Å². The van der Waals surface area contributed by atoms with Crippen molar-refractivity contribution in [3.8, 4) is 0 Å². The molecule has 0 aliphatic heterocycles. The fourth-order valence-corrected chi connectivity index (χ4v) is 2.73. The first-order valence-electron chi connectivity index (χ1n) is 5.31. The Kier molecular flexibility index (Phi) is 2.56. The molecule has 1 aliphatic rings. The second-order valence-electron chi connectivity index (χ2n) is 4.49. The van der Waals surface area contributed by atoms with Crippen molar-refractivity contribution in [3.63, 3.8) is 0 Å². The van der Waals surface area contributed by atoms with E-state index in [2.05, 4.69) is 25.1 Å². The van der Waals surface area contributed by atoms with Crippen LogP contribution in [0.15, 0.2) is 12.4 Å². The number of rotatable bonds is 2. The van der Waals surface area contributed by atoms with E-state index in [0.29, 0.717) is 5.38 Å². The Morgan fingerprint density at radius 3 is 3.00 bits per heavy atom. The van der Waals surface area contributed by atoms with Crippen LogP contribution in [-0.2, 0) is 12.0 Å². The number of hydrogen-bond acceptors (Lipinski definition) is 1. The standard InChI is InChI=1S/C11H17ClN2/c1-3-14-8-9(7-13-14)11(2)5-4-10(12)6-11/h7-8,10H,3-6H2,1-2H3. The first kappa shape index (κ1) is 10.0. The molecule has 0 amide bonds. The molecule has 0 saturated heterocycles. The first-order chi connectivity index (χ1) is 6.64. The molecule has 14 heavy (non-hydrogen) atoms. The van der Waals surface area contributed by atoms with Crippen LogP contribution in [0.1, 0.15) is 38.7 Å². The van der Waals surface area contributed by atoms with Crippen LogP contribution in [-0.4, -0.2) is 15.2 Å². The Balaban J connectivity index is 2.21. The molecule has 2 nitrogen and oxygen atoms in total. The minimum absolute atomic E-state index is 0.264. The molecule has 2 rings (SSSR count). The molecule has 1 aromatic rings. The Bertz CT molecular complexity index is 321. The van der Waals surface area contributed by atoms with Crippen LogP contribution in [0.3, 0.4) is 0 Å². The van der Waals surface area contributed by atoms with Gasteiger partial charge in [0.25, 0.3) is 0 Å². The fraction of sp³-hybridized carbons (Fsp3) is 0.727. The van der Waals surface area contributed by atoms with Crippen LogP contribution >= 0.6 is 11.6 Å². The topological polar surface area (TPSA) is 17.8 Å². The van der Waals surface area contributed by atoms with E-state index in [1.54, 1.807) is 0 Å². The highest BCUT2D eigenvalue weighted by atomic mass is 35.5. The third-order valence-electron chi connectivity index (χ3n) is 3.34. The molecule has 2 atom stereocenters. The highest BCUT2D eigenvalue weighted by molar-refractivity contribution is 6.20. The van der Waals surface area contributed by atoms with Gasteiger partial charge in [0, 0.05) is 18.1 Å². The summed E-state index contributed by atoms with van der Waals surface area (Å²) in [6, 6.07) is 0. The predicted molar refractivity (Wildman–Crippen MR) is 58.7 cm³/mol. The summed E-state index contributed by atoms with van der Waals surface area (Å²) in [4.78, 5) is 0. The summed E-state index contributed by atoms with van der Waals surface area (Å²) in [5.41, 5.74) is 1.61. The number of aromatic nitrogens is 2. The average molecular weight is 213 g/mol. The van der Waals surface area contributed by atoms with Crippen LogP contribution in [0.5, 0.6) is 0 Å². The minimum atomic E-state index is 0.264. The molecule has 0 bridgehead atoms. The third kappa shape index (κ3) is 1.68. The van der Waals surface area contributed by atoms with Crippen LogP contribution in [0.2, 0.25) is 0 Å². The van der Waals surface area contributed by atoms with Gasteiger partial charge in [0.1, 0.15) is 0 Å². The van der Waals surface area contributed by atoms with Gasteiger partial charge in [0.2, 0.25) is 0 Å². The van der Waals surface area contributed by atoms with Crippen LogP contribution in [0.4, 0.5) is 0 Å². The van der Waals surface area contributed by atoms with Gasteiger partial charge in [-0.15, -0.1) is 11.6 Å². The third-order valence-corrected chi connectivity index (χ3v) is 3.71. The quantitative estimate of drug-likeness (QED) is 0.690. The second-order valence-corrected chi connectivity index (χ2v) is 5.10. The highest BCUT2D eigenvalue weighted by Crippen LogP contribution is 2.42. The molecule has 2 unspecified atom stereocenters. The van der Waals surface area contributed by atoms with E-state index in [1.807, 2.05) is 10.9 Å². The minimum Gasteiger partial charge on any atom is -0.273 e. The fourth-order valence-electron chi connectivity index (χ4n) is 2.28. The number of alkyl halides is 1. The molecule has 1 fully saturated rings. The Morgan fingerprint density at radius 2 is 2.50 bits per heavy atom. The molecular weight excluding hydrogens is 196 g/mol. The van der Waals surface area contributed by atoms with E-state index in [4.69, 9.17) is 11.6 Å². The zero-order valence-corrected chi connectivity index (χ0v) is 9.59. The van der Waals surface area contributed by atoms with Crippen molar-refractivity contribution in [3.05, 3.63) is 18.0 Å². The maximum atomic E-state index is 6.16. The molecule has 78 valence electrons. The van der Waals surface area contributed by atoms with Gasteiger partial charge in [-0.3, -0.25) is 4.68 Å². The summed E-state index contributed by atoms with van der Waals surface area (Å²) < 4.78 is 1.99. The maximum Gasteiger partial charge on any atom is 0.0527 e. The molecule has 1 heterocycles. The van der Waals surface area contributed by atoms with E-state index in [1.165, 1.54) is 12.0 Å². The van der Waals surface area contributed by atoms with Gasteiger partial charge in [0.15, 0.2) is 0 Å². The largest absolute Gasteiger partial charge is 0.273 e. The van der Waals surface area contributed by atoms with Crippen molar-refractivity contribution in [2.24, 2.45) is 0 Å². The van der Waals surface area contributed by atoms with Gasteiger partial charge < -0.3 is 0 Å². The number of aryl methyl sites for hydroxylation is 1. The summed E-state index contributed by atoms with van der Waals surface area (Å²) in [7, 11) is 0. The van der Waals surface area contributed by atoms with E-state index in [-0.39, 0.29) is 5.41 Å². The monoisotopic (exact) mass is 212 g/mol. The van der Waals surface area contributed by atoms with Crippen LogP contribution in [0.25, 0.3) is 0 Å². The molecule has 1 aliphatic carbocycles. The van der Waals surface area contributed by atoms with E-state index in [0.717, 1.165) is 19.4 Å². The normalized spacial score (nSPS) is 32.4. The summed E-state index contributed by atoms with van der Waals surface area (Å²) in [5, 5.41) is 4.67. The van der Waals surface area contributed by atoms with Crippen LogP contribution in [0, 0.1) is 0 Å². The lowest BCUT2D eigenvalue weighted by molar-refractivity contribution is 0.491. The summed E-state index contributed by atoms with van der Waals surface area (Å²) in [6.45, 7) is 5.35. The van der Waals surface area contributed by atoms with Crippen LogP contribution < -0.4 is 0 Å². The molecule has 0 aromatic carbocycles. The molecular formula is C11H17ClN2. The van der Waals surface area contributed by atoms with Crippen molar-refractivity contribution >= 4 is 11.6 Å². The van der Waals surface area contributed by atoms with E-state index < -0.39 is 0 Å². The van der Waals surface area contributed by atoms with Crippen molar-refractivity contribution in [2.75, 3.05) is 0 Å². The van der Waals surface area contributed by atoms with Gasteiger partial charge in [-0.05, 0) is 37.2 Å². The van der Waals surface area contributed by atoms with Crippen molar-refractivity contribution in [2.45, 2.75) is 50.4 Å². The summed E-state index contributed by atoms with van der Waals surface area (Å²) in [5.74, 6) is 0. The first-order valence-corrected chi connectivity index (χ1v) is 5.75. The molecule has 3 heteroatoms. The van der Waals surface area contributed by atoms with Gasteiger partial charge in [0.05, 0.1) is 6.20 Å². The maximum absolute atomic E-state index is 6.16. The highest BCUT2D eigenvalue weighted by Gasteiger charge is 2.36. The zero-order valence-electron chi connectivity index (χ0n) is 8.83. The number of halogens is 1. The summed E-state index contributed by atoms with van der Waals surface area (Å²) >= 11 is 6.16. The predicted octanol–water partition coefficient (Wildman–Crippen LogP) is 2.95. The molecule has 1 aromatic heterocycles. The van der Waals surface area contributed by atoms with Gasteiger partial charge >= 0.3 is 0 Å². The number of hydrogen-bond donors (Lipinski definition) is 0. The smallest absolute Gasteiger partial charge is 0.0527 e. The molecule has 0 N–H and O–H groups in total. The Morgan fingerprint density at radius 1 is 1.71 bits per heavy atom. The van der Waals surface area contributed by atoms with Crippen molar-refractivity contribution in [1.82, 2.24) is 9.78 Å². The average Bonchev–Trinajstić information content (AvgIpc) is 2.73. The number of nitrogens with zero attached hydrogens (tertiary/aromatic N) is 2. The van der Waals surface area contributed by atoms with E-state index >= 15 is 0 Å².